The van der Waals surface area contributed by atoms with Crippen LogP contribution in [0.25, 0.3) is 0 Å². The van der Waals surface area contributed by atoms with Gasteiger partial charge in [0.25, 0.3) is 0 Å². The summed E-state index contributed by atoms with van der Waals surface area (Å²) in [6.07, 6.45) is -4.73. The van der Waals surface area contributed by atoms with E-state index in [1.807, 2.05) is 0 Å². The molecule has 1 unspecified atom stereocenters. The summed E-state index contributed by atoms with van der Waals surface area (Å²) >= 11 is 0. The van der Waals surface area contributed by atoms with Crippen LogP contribution in [0.5, 0.6) is 0 Å². The van der Waals surface area contributed by atoms with E-state index < -0.39 is 36.2 Å². The van der Waals surface area contributed by atoms with Gasteiger partial charge in [-0.25, -0.2) is 9.59 Å². The molecule has 1 aliphatic heterocycles. The zero-order chi connectivity index (χ0) is 21.8. The fraction of sp³-hybridized carbons (Fsp3) is 0.400. The first-order valence-corrected chi connectivity index (χ1v) is 8.99. The molecule has 2 rings (SSSR count). The van der Waals surface area contributed by atoms with Gasteiger partial charge in [0.05, 0.1) is 48.1 Å². The van der Waals surface area contributed by atoms with Crippen molar-refractivity contribution in [1.82, 2.24) is 5.32 Å². The molecule has 1 aliphatic rings. The number of carbonyl (C=O) groups excluding carboxylic acids is 2. The van der Waals surface area contributed by atoms with Crippen LogP contribution in [-0.4, -0.2) is 36.9 Å². The van der Waals surface area contributed by atoms with Gasteiger partial charge in [-0.2, -0.15) is 13.2 Å². The number of aliphatic hydroxyl groups excluding tert-OH is 1. The molecule has 0 spiro atoms. The number of benzene rings is 1. The summed E-state index contributed by atoms with van der Waals surface area (Å²) in [6.45, 7) is 3.86. The van der Waals surface area contributed by atoms with E-state index in [1.54, 1.807) is 13.8 Å². The minimum atomic E-state index is -4.73. The highest BCUT2D eigenvalue weighted by Crippen LogP contribution is 2.44. The number of carbonyl (C=O) groups is 2. The Labute approximate surface area is 166 Å². The van der Waals surface area contributed by atoms with Gasteiger partial charge in [-0.3, -0.25) is 0 Å². The number of hydrogen-bond acceptors (Lipinski definition) is 6. The van der Waals surface area contributed by atoms with Crippen LogP contribution in [-0.2, 0) is 25.2 Å². The Morgan fingerprint density at radius 1 is 1.07 bits per heavy atom. The van der Waals surface area contributed by atoms with Gasteiger partial charge >= 0.3 is 18.1 Å². The normalized spacial score (nSPS) is 17.1. The Morgan fingerprint density at radius 3 is 2.14 bits per heavy atom. The Balaban J connectivity index is 2.83. The average molecular weight is 413 g/mol. The average Bonchev–Trinajstić information content (AvgIpc) is 2.66. The minimum Gasteiger partial charge on any atom is -0.463 e. The first-order chi connectivity index (χ1) is 13.7. The molecule has 0 radical (unpaired) electrons. The fourth-order valence-corrected chi connectivity index (χ4v) is 3.27. The van der Waals surface area contributed by atoms with Crippen molar-refractivity contribution >= 4 is 11.9 Å². The number of ether oxygens (including phenoxy) is 2. The monoisotopic (exact) mass is 413 g/mol. The van der Waals surface area contributed by atoms with Gasteiger partial charge in [-0.05, 0) is 32.4 Å². The third kappa shape index (κ3) is 4.61. The number of esters is 2. The van der Waals surface area contributed by atoms with Gasteiger partial charge in [0.1, 0.15) is 0 Å². The number of aliphatic hydroxyl groups is 1. The lowest BCUT2D eigenvalue weighted by atomic mass is 9.78. The lowest BCUT2D eigenvalue weighted by Gasteiger charge is -2.32. The van der Waals surface area contributed by atoms with Gasteiger partial charge in [-0.15, -0.1) is 0 Å². The predicted octanol–water partition coefficient (Wildman–Crippen LogP) is 3.04. The molecular weight excluding hydrogens is 391 g/mol. The maximum Gasteiger partial charge on any atom is 0.416 e. The summed E-state index contributed by atoms with van der Waals surface area (Å²) < 4.78 is 51.1. The smallest absolute Gasteiger partial charge is 0.416 e. The number of dihydropyridines is 1. The van der Waals surface area contributed by atoms with E-state index >= 15 is 0 Å². The SMILES string of the molecule is CCOC(=O)C1=C(C)NC(CO)=C(C(=O)OCC)C1c1ccccc1C(F)(F)F. The molecule has 9 heteroatoms. The lowest BCUT2D eigenvalue weighted by molar-refractivity contribution is -0.142. The Kier molecular flexibility index (Phi) is 7.07. The Morgan fingerprint density at radius 2 is 1.62 bits per heavy atom. The van der Waals surface area contributed by atoms with Crippen LogP contribution in [0, 0.1) is 0 Å². The van der Waals surface area contributed by atoms with Crippen molar-refractivity contribution in [3.05, 3.63) is 57.9 Å². The summed E-state index contributed by atoms with van der Waals surface area (Å²) in [4.78, 5) is 25.3. The van der Waals surface area contributed by atoms with E-state index in [4.69, 9.17) is 9.47 Å². The van der Waals surface area contributed by atoms with E-state index in [9.17, 15) is 27.9 Å². The molecule has 6 nitrogen and oxygen atoms in total. The number of hydrogen-bond donors (Lipinski definition) is 2. The van der Waals surface area contributed by atoms with E-state index in [2.05, 4.69) is 5.32 Å². The second-order valence-electron chi connectivity index (χ2n) is 6.17. The summed E-state index contributed by atoms with van der Waals surface area (Å²) in [5.41, 5.74) is -1.57. The molecule has 2 N–H and O–H groups in total. The molecule has 0 aliphatic carbocycles. The van der Waals surface area contributed by atoms with Crippen LogP contribution < -0.4 is 5.32 Å². The predicted molar refractivity (Wildman–Crippen MR) is 97.4 cm³/mol. The molecular formula is C20H22F3NO5. The van der Waals surface area contributed by atoms with Crippen molar-refractivity contribution in [2.24, 2.45) is 0 Å². The summed E-state index contributed by atoms with van der Waals surface area (Å²) in [5.74, 6) is -3.21. The maximum atomic E-state index is 13.7. The molecule has 1 aromatic carbocycles. The summed E-state index contributed by atoms with van der Waals surface area (Å²) in [7, 11) is 0. The zero-order valence-electron chi connectivity index (χ0n) is 16.2. The van der Waals surface area contributed by atoms with Gasteiger partial charge < -0.3 is 19.9 Å². The highest BCUT2D eigenvalue weighted by Gasteiger charge is 2.43. The van der Waals surface area contributed by atoms with E-state index in [1.165, 1.54) is 25.1 Å². The third-order valence-electron chi connectivity index (χ3n) is 4.37. The number of halogens is 3. The largest absolute Gasteiger partial charge is 0.463 e. The van der Waals surface area contributed by atoms with Gasteiger partial charge in [0, 0.05) is 5.70 Å². The van der Waals surface area contributed by atoms with Gasteiger partial charge in [0.2, 0.25) is 0 Å². The lowest BCUT2D eigenvalue weighted by Crippen LogP contribution is -2.35. The highest BCUT2D eigenvalue weighted by molar-refractivity contribution is 6.00. The topological polar surface area (TPSA) is 84.9 Å². The molecule has 29 heavy (non-hydrogen) atoms. The number of nitrogens with one attached hydrogen (secondary N) is 1. The molecule has 0 saturated carbocycles. The standard InChI is InChI=1S/C20H22F3NO5/c1-4-28-18(26)15-11(3)24-14(10-25)17(19(27)29-5-2)16(15)12-8-6-7-9-13(12)20(21,22)23/h6-9,16,24-25H,4-5,10H2,1-3H3. The van der Waals surface area contributed by atoms with Crippen LogP contribution in [0.3, 0.4) is 0 Å². The molecule has 0 saturated heterocycles. The molecule has 0 fully saturated rings. The van der Waals surface area contributed by atoms with E-state index in [0.29, 0.717) is 0 Å². The van der Waals surface area contributed by atoms with Crippen LogP contribution in [0.4, 0.5) is 13.2 Å². The van der Waals surface area contributed by atoms with Gasteiger partial charge in [0.15, 0.2) is 0 Å². The zero-order valence-corrected chi connectivity index (χ0v) is 16.2. The molecule has 1 atom stereocenters. The second kappa shape index (κ2) is 9.13. The summed E-state index contributed by atoms with van der Waals surface area (Å²) in [6, 6.07) is 4.66. The van der Waals surface area contributed by atoms with Crippen molar-refractivity contribution in [2.75, 3.05) is 19.8 Å². The number of rotatable bonds is 6. The van der Waals surface area contributed by atoms with E-state index in [-0.39, 0.29) is 41.3 Å². The molecule has 158 valence electrons. The third-order valence-corrected chi connectivity index (χ3v) is 4.37. The van der Waals surface area contributed by atoms with Crippen LogP contribution in [0.2, 0.25) is 0 Å². The van der Waals surface area contributed by atoms with Crippen molar-refractivity contribution in [3.63, 3.8) is 0 Å². The van der Waals surface area contributed by atoms with Crippen LogP contribution in [0.15, 0.2) is 46.8 Å². The first kappa shape index (κ1) is 22.5. The van der Waals surface area contributed by atoms with Crippen molar-refractivity contribution < 1.29 is 37.3 Å². The molecule has 0 amide bonds. The van der Waals surface area contributed by atoms with Crippen LogP contribution in [0.1, 0.15) is 37.8 Å². The maximum absolute atomic E-state index is 13.7. The van der Waals surface area contributed by atoms with E-state index in [0.717, 1.165) is 6.07 Å². The number of alkyl halides is 3. The Bertz CT molecular complexity index is 858. The van der Waals surface area contributed by atoms with Crippen LogP contribution >= 0.6 is 0 Å². The van der Waals surface area contributed by atoms with Crippen molar-refractivity contribution in [3.8, 4) is 0 Å². The fourth-order valence-electron chi connectivity index (χ4n) is 3.27. The molecule has 0 aromatic heterocycles. The number of allylic oxidation sites excluding steroid dienone is 1. The first-order valence-electron chi connectivity index (χ1n) is 8.99. The summed E-state index contributed by atoms with van der Waals surface area (Å²) in [5, 5.41) is 12.5. The quantitative estimate of drug-likeness (QED) is 0.698. The minimum absolute atomic E-state index is 0.00539. The molecule has 1 aromatic rings. The molecule has 1 heterocycles. The van der Waals surface area contributed by atoms with Crippen molar-refractivity contribution in [2.45, 2.75) is 32.9 Å². The second-order valence-corrected chi connectivity index (χ2v) is 6.17. The Hall–Kier alpha value is -2.81. The van der Waals surface area contributed by atoms with Crippen molar-refractivity contribution in [1.29, 1.82) is 0 Å². The van der Waals surface area contributed by atoms with Gasteiger partial charge in [-0.1, -0.05) is 18.2 Å². The molecule has 0 bridgehead atoms. The highest BCUT2D eigenvalue weighted by atomic mass is 19.4.